The highest BCUT2D eigenvalue weighted by Gasteiger charge is 2.23. The predicted octanol–water partition coefficient (Wildman–Crippen LogP) is 3.08. The third-order valence-corrected chi connectivity index (χ3v) is 4.40. The number of para-hydroxylation sites is 1. The highest BCUT2D eigenvalue weighted by atomic mass is 16.6. The van der Waals surface area contributed by atoms with Crippen LogP contribution in [0.4, 0.5) is 11.4 Å². The third kappa shape index (κ3) is 4.72. The van der Waals surface area contributed by atoms with Crippen molar-refractivity contribution >= 4 is 17.3 Å². The second kappa shape index (κ2) is 8.33. The van der Waals surface area contributed by atoms with Crippen LogP contribution in [-0.4, -0.2) is 41.5 Å². The summed E-state index contributed by atoms with van der Waals surface area (Å²) in [5.41, 5.74) is 1.09. The zero-order chi connectivity index (χ0) is 18.4. The lowest BCUT2D eigenvalue weighted by molar-refractivity contribution is -0.384. The van der Waals surface area contributed by atoms with E-state index in [4.69, 9.17) is 4.74 Å². The van der Waals surface area contributed by atoms with Gasteiger partial charge in [-0.1, -0.05) is 18.2 Å². The zero-order valence-electron chi connectivity index (χ0n) is 14.3. The maximum absolute atomic E-state index is 12.3. The maximum Gasteiger partial charge on any atom is 0.269 e. The van der Waals surface area contributed by atoms with Crippen molar-refractivity contribution in [2.75, 3.05) is 25.0 Å². The molecule has 2 aromatic carbocycles. The zero-order valence-corrected chi connectivity index (χ0v) is 14.3. The van der Waals surface area contributed by atoms with Crippen LogP contribution in [0.15, 0.2) is 54.6 Å². The summed E-state index contributed by atoms with van der Waals surface area (Å²) < 4.78 is 5.45. The van der Waals surface area contributed by atoms with Crippen molar-refractivity contribution in [1.29, 1.82) is 0 Å². The number of non-ortho nitro benzene ring substituents is 1. The first-order chi connectivity index (χ1) is 12.6. The van der Waals surface area contributed by atoms with Gasteiger partial charge in [-0.25, -0.2) is 0 Å². The Bertz CT molecular complexity index is 741. The molecule has 1 fully saturated rings. The second-order valence-electron chi connectivity index (χ2n) is 6.21. The van der Waals surface area contributed by atoms with Gasteiger partial charge in [-0.2, -0.15) is 0 Å². The van der Waals surface area contributed by atoms with E-state index in [0.717, 1.165) is 18.5 Å². The van der Waals surface area contributed by atoms with Gasteiger partial charge in [0.05, 0.1) is 4.92 Å². The molecule has 2 aromatic rings. The molecule has 0 unspecified atom stereocenters. The molecule has 0 bridgehead atoms. The van der Waals surface area contributed by atoms with Crippen molar-refractivity contribution in [3.05, 3.63) is 64.7 Å². The number of hydrogen-bond acceptors (Lipinski definition) is 5. The molecular formula is C19H21N3O4. The number of ether oxygens (including phenoxy) is 1. The van der Waals surface area contributed by atoms with Crippen LogP contribution in [0.2, 0.25) is 0 Å². The molecule has 1 aliphatic heterocycles. The smallest absolute Gasteiger partial charge is 0.269 e. The Hall–Kier alpha value is -3.09. The average molecular weight is 355 g/mol. The van der Waals surface area contributed by atoms with Crippen LogP contribution in [-0.2, 0) is 4.79 Å². The van der Waals surface area contributed by atoms with Gasteiger partial charge in [0, 0.05) is 37.0 Å². The molecule has 0 aromatic heterocycles. The van der Waals surface area contributed by atoms with Crippen LogP contribution >= 0.6 is 0 Å². The Morgan fingerprint density at radius 2 is 1.77 bits per heavy atom. The second-order valence-corrected chi connectivity index (χ2v) is 6.21. The number of carbonyl (C=O) groups is 1. The molecule has 3 rings (SSSR count). The number of anilines is 1. The highest BCUT2D eigenvalue weighted by molar-refractivity contribution is 5.77. The molecule has 7 heteroatoms. The van der Waals surface area contributed by atoms with Gasteiger partial charge in [-0.05, 0) is 37.1 Å². The number of hydrogen-bond donors (Lipinski definition) is 1. The molecule has 1 N–H and O–H groups in total. The molecule has 0 saturated carbocycles. The summed E-state index contributed by atoms with van der Waals surface area (Å²) in [6.07, 6.45) is 1.77. The van der Waals surface area contributed by atoms with Crippen molar-refractivity contribution in [3.63, 3.8) is 0 Å². The van der Waals surface area contributed by atoms with E-state index >= 15 is 0 Å². The largest absolute Gasteiger partial charge is 0.484 e. The van der Waals surface area contributed by atoms with Crippen molar-refractivity contribution < 1.29 is 14.5 Å². The summed E-state index contributed by atoms with van der Waals surface area (Å²) in [6.45, 7) is 1.31. The lowest BCUT2D eigenvalue weighted by atomic mass is 10.0. The maximum atomic E-state index is 12.3. The minimum Gasteiger partial charge on any atom is -0.484 e. The van der Waals surface area contributed by atoms with Crippen LogP contribution in [0.3, 0.4) is 0 Å². The summed E-state index contributed by atoms with van der Waals surface area (Å²) >= 11 is 0. The van der Waals surface area contributed by atoms with Crippen molar-refractivity contribution in [2.45, 2.75) is 18.9 Å². The van der Waals surface area contributed by atoms with Crippen molar-refractivity contribution in [2.24, 2.45) is 0 Å². The van der Waals surface area contributed by atoms with Gasteiger partial charge in [0.15, 0.2) is 6.61 Å². The number of benzene rings is 2. The molecule has 0 radical (unpaired) electrons. The lowest BCUT2D eigenvalue weighted by Gasteiger charge is -2.32. The van der Waals surface area contributed by atoms with Gasteiger partial charge in [-0.15, -0.1) is 0 Å². The molecule has 26 heavy (non-hydrogen) atoms. The monoisotopic (exact) mass is 355 g/mol. The fourth-order valence-corrected chi connectivity index (χ4v) is 2.94. The highest BCUT2D eigenvalue weighted by Crippen LogP contribution is 2.19. The first kappa shape index (κ1) is 17.7. The molecule has 1 heterocycles. The quantitative estimate of drug-likeness (QED) is 0.636. The lowest BCUT2D eigenvalue weighted by Crippen LogP contribution is -2.44. The van der Waals surface area contributed by atoms with E-state index in [1.54, 1.807) is 4.90 Å². The van der Waals surface area contributed by atoms with E-state index < -0.39 is 4.92 Å². The first-order valence-electron chi connectivity index (χ1n) is 8.58. The summed E-state index contributed by atoms with van der Waals surface area (Å²) in [6, 6.07) is 16.1. The minimum atomic E-state index is -0.470. The normalized spacial score (nSPS) is 14.7. The fraction of sp³-hybridized carbons (Fsp3) is 0.316. The third-order valence-electron chi connectivity index (χ3n) is 4.40. The topological polar surface area (TPSA) is 84.7 Å². The summed E-state index contributed by atoms with van der Waals surface area (Å²) in [7, 11) is 0. The number of nitrogens with one attached hydrogen (secondary N) is 1. The standard InChI is InChI=1S/C19H21N3O4/c23-19(14-26-18-8-6-17(7-9-18)22(24)25)21-12-10-16(11-13-21)20-15-4-2-1-3-5-15/h1-9,16,20H,10-14H2. The number of carbonyl (C=O) groups excluding carboxylic acids is 1. The number of nitrogens with zero attached hydrogens (tertiary/aromatic N) is 2. The molecule has 1 amide bonds. The number of piperidine rings is 1. The Morgan fingerprint density at radius 3 is 2.38 bits per heavy atom. The average Bonchev–Trinajstić information content (AvgIpc) is 2.68. The van der Waals surface area contributed by atoms with Gasteiger partial charge in [0.1, 0.15) is 5.75 Å². The Morgan fingerprint density at radius 1 is 1.12 bits per heavy atom. The molecule has 1 aliphatic rings. The van der Waals surface area contributed by atoms with E-state index in [1.165, 1.54) is 24.3 Å². The number of rotatable bonds is 6. The van der Waals surface area contributed by atoms with Crippen LogP contribution < -0.4 is 10.1 Å². The predicted molar refractivity (Wildman–Crippen MR) is 98.3 cm³/mol. The Kier molecular flexibility index (Phi) is 5.68. The van der Waals surface area contributed by atoms with Gasteiger partial charge in [0.2, 0.25) is 0 Å². The van der Waals surface area contributed by atoms with E-state index in [9.17, 15) is 14.9 Å². The molecule has 0 spiro atoms. The molecular weight excluding hydrogens is 334 g/mol. The number of likely N-dealkylation sites (tertiary alicyclic amines) is 1. The summed E-state index contributed by atoms with van der Waals surface area (Å²) in [5.74, 6) is 0.381. The summed E-state index contributed by atoms with van der Waals surface area (Å²) in [5, 5.41) is 14.1. The van der Waals surface area contributed by atoms with Crippen molar-refractivity contribution in [1.82, 2.24) is 4.90 Å². The Balaban J connectivity index is 1.42. The van der Waals surface area contributed by atoms with E-state index in [1.807, 2.05) is 30.3 Å². The van der Waals surface area contributed by atoms with Crippen LogP contribution in [0.1, 0.15) is 12.8 Å². The number of nitro benzene ring substituents is 1. The fourth-order valence-electron chi connectivity index (χ4n) is 2.94. The van der Waals surface area contributed by atoms with Crippen LogP contribution in [0.5, 0.6) is 5.75 Å². The SMILES string of the molecule is O=C(COc1ccc([N+](=O)[O-])cc1)N1CCC(Nc2ccccc2)CC1. The summed E-state index contributed by atoms with van der Waals surface area (Å²) in [4.78, 5) is 24.2. The van der Waals surface area contributed by atoms with E-state index in [0.29, 0.717) is 24.9 Å². The molecule has 1 saturated heterocycles. The van der Waals surface area contributed by atoms with Gasteiger partial charge in [0.25, 0.3) is 11.6 Å². The van der Waals surface area contributed by atoms with E-state index in [2.05, 4.69) is 5.32 Å². The molecule has 0 aliphatic carbocycles. The van der Waals surface area contributed by atoms with E-state index in [-0.39, 0.29) is 18.2 Å². The van der Waals surface area contributed by atoms with Crippen LogP contribution in [0.25, 0.3) is 0 Å². The van der Waals surface area contributed by atoms with Gasteiger partial charge < -0.3 is 15.0 Å². The Labute approximate surface area is 151 Å². The van der Waals surface area contributed by atoms with Gasteiger partial charge in [-0.3, -0.25) is 14.9 Å². The molecule has 7 nitrogen and oxygen atoms in total. The number of nitro groups is 1. The number of amides is 1. The molecule has 136 valence electrons. The minimum absolute atomic E-state index is 0.00309. The first-order valence-corrected chi connectivity index (χ1v) is 8.58. The molecule has 0 atom stereocenters. The van der Waals surface area contributed by atoms with Gasteiger partial charge >= 0.3 is 0 Å². The van der Waals surface area contributed by atoms with Crippen LogP contribution in [0, 0.1) is 10.1 Å². The van der Waals surface area contributed by atoms with Crippen molar-refractivity contribution in [3.8, 4) is 5.75 Å².